The lowest BCUT2D eigenvalue weighted by Crippen LogP contribution is -2.48. The number of anilines is 1. The lowest BCUT2D eigenvalue weighted by Gasteiger charge is -2.34. The Morgan fingerprint density at radius 3 is 2.09 bits per heavy atom. The molecule has 0 saturated carbocycles. The van der Waals surface area contributed by atoms with Crippen LogP contribution in [0.15, 0.2) is 109 Å². The number of amides is 2. The molecule has 2 aliphatic heterocycles. The van der Waals surface area contributed by atoms with E-state index in [1.807, 2.05) is 96.9 Å². The third-order valence-electron chi connectivity index (χ3n) is 11.5. The van der Waals surface area contributed by atoms with Crippen molar-refractivity contribution in [2.45, 2.75) is 58.7 Å². The molecule has 2 atom stereocenters. The number of sulfonamides is 1. The van der Waals surface area contributed by atoms with Crippen LogP contribution in [0, 0.1) is 0 Å². The van der Waals surface area contributed by atoms with Crippen molar-refractivity contribution in [3.63, 3.8) is 0 Å². The van der Waals surface area contributed by atoms with Gasteiger partial charge in [0.2, 0.25) is 15.9 Å². The Hall–Kier alpha value is -5.14. The molecule has 2 saturated heterocycles. The molecule has 0 aliphatic carbocycles. The fraction of sp³-hybridized carbons (Fsp3) is 0.370. The lowest BCUT2D eigenvalue weighted by atomic mass is 10.0. The fourth-order valence-electron chi connectivity index (χ4n) is 8.22. The first-order valence-corrected chi connectivity index (χ1v) is 22.2. The predicted octanol–water partition coefficient (Wildman–Crippen LogP) is 7.60. The maximum absolute atomic E-state index is 14.2. The molecular formula is C46H55N7O4S. The van der Waals surface area contributed by atoms with Crippen molar-refractivity contribution in [2.24, 2.45) is 0 Å². The molecule has 2 amide bonds. The van der Waals surface area contributed by atoms with Crippen molar-refractivity contribution in [3.8, 4) is 22.4 Å². The highest BCUT2D eigenvalue weighted by Gasteiger charge is 2.38. The third kappa shape index (κ3) is 9.42. The minimum Gasteiger partial charge on any atom is -0.340 e. The average Bonchev–Trinajstić information content (AvgIpc) is 3.95. The molecule has 2 N–H and O–H groups in total. The van der Waals surface area contributed by atoms with Crippen molar-refractivity contribution in [1.82, 2.24) is 29.0 Å². The van der Waals surface area contributed by atoms with Gasteiger partial charge in [-0.3, -0.25) is 19.4 Å². The van der Waals surface area contributed by atoms with Crippen LogP contribution in [0.5, 0.6) is 0 Å². The van der Waals surface area contributed by atoms with Crippen LogP contribution >= 0.6 is 0 Å². The van der Waals surface area contributed by atoms with E-state index < -0.39 is 10.0 Å². The van der Waals surface area contributed by atoms with Gasteiger partial charge in [-0.15, -0.1) is 0 Å². The predicted molar refractivity (Wildman–Crippen MR) is 231 cm³/mol. The van der Waals surface area contributed by atoms with Crippen LogP contribution in [0.4, 0.5) is 5.69 Å². The smallest absolute Gasteiger partial charge is 0.255 e. The number of H-pyrrole nitrogens is 1. The van der Waals surface area contributed by atoms with Gasteiger partial charge in [0, 0.05) is 50.5 Å². The van der Waals surface area contributed by atoms with Crippen LogP contribution in [-0.2, 0) is 21.4 Å². The number of hydrogen-bond donors (Lipinski definition) is 2. The number of likely N-dealkylation sites (N-methyl/N-ethyl adjacent to an activating group) is 1. The molecule has 12 heteroatoms. The van der Waals surface area contributed by atoms with E-state index in [9.17, 15) is 18.0 Å². The van der Waals surface area contributed by atoms with E-state index in [0.717, 1.165) is 71.8 Å². The summed E-state index contributed by atoms with van der Waals surface area (Å²) in [5, 5.41) is 3.00. The van der Waals surface area contributed by atoms with Gasteiger partial charge in [0.25, 0.3) is 5.91 Å². The summed E-state index contributed by atoms with van der Waals surface area (Å²) < 4.78 is 26.4. The number of rotatable bonds is 15. The highest BCUT2D eigenvalue weighted by molar-refractivity contribution is 7.89. The largest absolute Gasteiger partial charge is 0.340 e. The van der Waals surface area contributed by atoms with E-state index in [4.69, 9.17) is 4.98 Å². The van der Waals surface area contributed by atoms with Crippen molar-refractivity contribution in [1.29, 1.82) is 0 Å². The molecule has 2 fully saturated rings. The number of nitrogens with one attached hydrogen (secondary N) is 2. The summed E-state index contributed by atoms with van der Waals surface area (Å²) in [5.41, 5.74) is 7.36. The summed E-state index contributed by atoms with van der Waals surface area (Å²) in [5.74, 6) is 0.961. The van der Waals surface area contributed by atoms with Crippen LogP contribution in [0.25, 0.3) is 22.4 Å². The Labute approximate surface area is 343 Å². The van der Waals surface area contributed by atoms with Gasteiger partial charge in [-0.25, -0.2) is 13.4 Å². The van der Waals surface area contributed by atoms with Gasteiger partial charge in [-0.05, 0) is 84.4 Å². The first-order chi connectivity index (χ1) is 28.2. The van der Waals surface area contributed by atoms with Crippen LogP contribution < -0.4 is 5.32 Å². The second-order valence-corrected chi connectivity index (χ2v) is 17.3. The molecule has 2 unspecified atom stereocenters. The monoisotopic (exact) mass is 801 g/mol. The summed E-state index contributed by atoms with van der Waals surface area (Å²) in [4.78, 5) is 42.1. The van der Waals surface area contributed by atoms with E-state index in [-0.39, 0.29) is 29.7 Å². The maximum Gasteiger partial charge on any atom is 0.255 e. The Morgan fingerprint density at radius 1 is 0.810 bits per heavy atom. The molecule has 2 aliphatic rings. The SMILES string of the molecule is CCCS(=O)(=O)N1CCN(Cc2ccc(NC(=O)c3ccc(-c4ccc(-c5cnc(C6CCCN6C(=O)C(c6ccccc6)N(CC)CC)[nH]5)cc4)cc3)cc2)CC1. The molecular weight excluding hydrogens is 747 g/mol. The van der Waals surface area contributed by atoms with E-state index in [2.05, 4.69) is 58.2 Å². The number of nitrogens with zero attached hydrogens (tertiary/aromatic N) is 5. The molecule has 0 bridgehead atoms. The van der Waals surface area contributed by atoms with Crippen LogP contribution in [0.2, 0.25) is 0 Å². The molecule has 0 radical (unpaired) electrons. The summed E-state index contributed by atoms with van der Waals surface area (Å²) in [6.07, 6.45) is 4.29. The molecule has 1 aromatic heterocycles. The fourth-order valence-corrected chi connectivity index (χ4v) is 9.72. The van der Waals surface area contributed by atoms with Crippen LogP contribution in [-0.4, -0.2) is 101 Å². The number of aromatic nitrogens is 2. The number of imidazole rings is 1. The first-order valence-electron chi connectivity index (χ1n) is 20.6. The number of piperazine rings is 1. The van der Waals surface area contributed by atoms with Crippen molar-refractivity contribution >= 4 is 27.5 Å². The topological polar surface area (TPSA) is 122 Å². The second-order valence-electron chi connectivity index (χ2n) is 15.2. The lowest BCUT2D eigenvalue weighted by molar-refractivity contribution is -0.138. The highest BCUT2D eigenvalue weighted by atomic mass is 32.2. The zero-order valence-electron chi connectivity index (χ0n) is 33.8. The van der Waals surface area contributed by atoms with Gasteiger partial charge in [0.1, 0.15) is 11.9 Å². The highest BCUT2D eigenvalue weighted by Crippen LogP contribution is 2.36. The average molecular weight is 802 g/mol. The van der Waals surface area contributed by atoms with Gasteiger partial charge in [0.15, 0.2) is 0 Å². The van der Waals surface area contributed by atoms with Gasteiger partial charge in [-0.2, -0.15) is 4.31 Å². The number of carbonyl (C=O) groups is 2. The zero-order chi connectivity index (χ0) is 40.6. The maximum atomic E-state index is 14.2. The van der Waals surface area contributed by atoms with Crippen LogP contribution in [0.3, 0.4) is 0 Å². The second kappa shape index (κ2) is 18.6. The van der Waals surface area contributed by atoms with Crippen LogP contribution in [0.1, 0.15) is 79.4 Å². The third-order valence-corrected chi connectivity index (χ3v) is 13.5. The standard InChI is InChI=1S/C46H55N7O4S/c1-4-31-58(56,57)52-29-27-50(28-30-52)33-34-14-24-40(25-15-34)48-45(54)39-22-18-36(19-23-39)35-16-20-37(21-17-35)41-32-47-44(49-41)42-13-10-26-53(42)46(55)43(51(5-2)6-3)38-11-8-7-9-12-38/h7-9,11-12,14-25,32,42-43H,4-6,10,13,26-31,33H2,1-3H3,(H,47,49)(H,48,54). The Balaban J connectivity index is 0.934. The zero-order valence-corrected chi connectivity index (χ0v) is 34.6. The molecule has 7 rings (SSSR count). The van der Waals surface area contributed by atoms with Gasteiger partial charge in [0.05, 0.1) is 23.7 Å². The van der Waals surface area contributed by atoms with E-state index >= 15 is 0 Å². The van der Waals surface area contributed by atoms with E-state index in [1.165, 1.54) is 0 Å². The van der Waals surface area contributed by atoms with Gasteiger partial charge in [-0.1, -0.05) is 99.6 Å². The summed E-state index contributed by atoms with van der Waals surface area (Å²) in [6, 6.07) is 33.4. The minimum atomic E-state index is -3.16. The quantitative estimate of drug-likeness (QED) is 0.112. The van der Waals surface area contributed by atoms with Crippen molar-refractivity contribution in [2.75, 3.05) is 56.9 Å². The normalized spacial score (nSPS) is 17.1. The van der Waals surface area contributed by atoms with Gasteiger partial charge < -0.3 is 15.2 Å². The number of likely N-dealkylation sites (tertiary alicyclic amines) is 1. The number of hydrogen-bond acceptors (Lipinski definition) is 7. The van der Waals surface area contributed by atoms with Gasteiger partial charge >= 0.3 is 0 Å². The number of aromatic amines is 1. The summed E-state index contributed by atoms with van der Waals surface area (Å²) >= 11 is 0. The number of benzene rings is 4. The molecule has 4 aromatic carbocycles. The minimum absolute atomic E-state index is 0.101. The molecule has 11 nitrogen and oxygen atoms in total. The Kier molecular flexibility index (Phi) is 13.2. The number of carbonyl (C=O) groups excluding carboxylic acids is 2. The summed E-state index contributed by atoms with van der Waals surface area (Å²) in [6.45, 7) is 11.6. The van der Waals surface area contributed by atoms with Crippen molar-refractivity contribution < 1.29 is 18.0 Å². The Morgan fingerprint density at radius 2 is 1.45 bits per heavy atom. The molecule has 3 heterocycles. The van der Waals surface area contributed by atoms with E-state index in [0.29, 0.717) is 50.4 Å². The van der Waals surface area contributed by atoms with E-state index in [1.54, 1.807) is 4.31 Å². The first kappa shape index (κ1) is 41.0. The molecule has 58 heavy (non-hydrogen) atoms. The van der Waals surface area contributed by atoms with Crippen molar-refractivity contribution in [3.05, 3.63) is 132 Å². The molecule has 0 spiro atoms. The molecule has 5 aromatic rings. The summed E-state index contributed by atoms with van der Waals surface area (Å²) in [7, 11) is -3.16. The Bertz CT molecular complexity index is 2230. The molecule has 304 valence electrons.